The number of halogens is 1. The second kappa shape index (κ2) is 11.9. The Labute approximate surface area is 181 Å². The van der Waals surface area contributed by atoms with Gasteiger partial charge in [-0.05, 0) is 45.6 Å². The minimum absolute atomic E-state index is 0.00780. The number of anilines is 2. The van der Waals surface area contributed by atoms with Crippen molar-refractivity contribution >= 4 is 35.0 Å². The first-order valence-electron chi connectivity index (χ1n) is 9.54. The number of nitrogens with zero attached hydrogens (tertiary/aromatic N) is 3. The van der Waals surface area contributed by atoms with Gasteiger partial charge >= 0.3 is 6.03 Å². The van der Waals surface area contributed by atoms with Crippen molar-refractivity contribution in [3.05, 3.63) is 41.3 Å². The summed E-state index contributed by atoms with van der Waals surface area (Å²) in [5, 5.41) is 8.61. The number of nitrogens with one attached hydrogen (secondary N) is 3. The normalized spacial score (nSPS) is 10.6. The lowest BCUT2D eigenvalue weighted by atomic mass is 10.3. The molecule has 0 atom stereocenters. The van der Waals surface area contributed by atoms with Gasteiger partial charge in [-0.2, -0.15) is 0 Å². The molecule has 1 heterocycles. The van der Waals surface area contributed by atoms with Crippen LogP contribution in [0.3, 0.4) is 0 Å². The minimum Gasteiger partial charge on any atom is -0.491 e. The molecule has 1 aromatic heterocycles. The predicted octanol–water partition coefficient (Wildman–Crippen LogP) is 2.92. The van der Waals surface area contributed by atoms with E-state index in [1.165, 1.54) is 6.20 Å². The summed E-state index contributed by atoms with van der Waals surface area (Å²) < 4.78 is 5.75. The van der Waals surface area contributed by atoms with Gasteiger partial charge in [-0.15, -0.1) is 0 Å². The van der Waals surface area contributed by atoms with Gasteiger partial charge < -0.3 is 20.3 Å². The molecule has 2 aromatic rings. The standard InChI is InChI=1S/C20H27ClN6O3/c1-14-12-24-18(13-23-14)26-20(29)25-16-11-15(21)5-6-17(16)30-10-4-8-22-19(28)7-9-27(2)3/h5-6,11-13H,4,7-10H2,1-3H3,(H,22,28)(H2,24,25,26,29). The highest BCUT2D eigenvalue weighted by Crippen LogP contribution is 2.28. The number of amides is 3. The molecular formula is C20H27ClN6O3. The third kappa shape index (κ3) is 8.62. The first kappa shape index (κ1) is 23.4. The number of carbonyl (C=O) groups excluding carboxylic acids is 2. The molecule has 0 aliphatic heterocycles. The second-order valence-electron chi connectivity index (χ2n) is 6.87. The fourth-order valence-electron chi connectivity index (χ4n) is 2.35. The summed E-state index contributed by atoms with van der Waals surface area (Å²) in [5.74, 6) is 0.810. The Morgan fingerprint density at radius 2 is 1.97 bits per heavy atom. The number of aromatic nitrogens is 2. The number of benzene rings is 1. The Morgan fingerprint density at radius 3 is 2.67 bits per heavy atom. The van der Waals surface area contributed by atoms with Gasteiger partial charge in [-0.25, -0.2) is 9.78 Å². The van der Waals surface area contributed by atoms with Gasteiger partial charge in [0.15, 0.2) is 5.82 Å². The summed E-state index contributed by atoms with van der Waals surface area (Å²) in [6, 6.07) is 4.46. The number of hydrogen-bond acceptors (Lipinski definition) is 6. The summed E-state index contributed by atoms with van der Waals surface area (Å²) in [6.45, 7) is 3.39. The van der Waals surface area contributed by atoms with Gasteiger partial charge in [0.05, 0.1) is 30.4 Å². The molecule has 0 spiro atoms. The van der Waals surface area contributed by atoms with Crippen molar-refractivity contribution in [2.75, 3.05) is 44.4 Å². The molecule has 9 nitrogen and oxygen atoms in total. The Morgan fingerprint density at radius 1 is 1.17 bits per heavy atom. The van der Waals surface area contributed by atoms with E-state index >= 15 is 0 Å². The van der Waals surface area contributed by atoms with Gasteiger partial charge in [0.2, 0.25) is 5.91 Å². The Bertz CT molecular complexity index is 845. The van der Waals surface area contributed by atoms with Gasteiger partial charge in [-0.1, -0.05) is 11.6 Å². The zero-order valence-corrected chi connectivity index (χ0v) is 18.1. The average molecular weight is 435 g/mol. The maximum absolute atomic E-state index is 12.3. The molecule has 0 aliphatic rings. The molecule has 30 heavy (non-hydrogen) atoms. The number of rotatable bonds is 10. The summed E-state index contributed by atoms with van der Waals surface area (Å²) in [7, 11) is 3.85. The zero-order chi connectivity index (χ0) is 21.9. The van der Waals surface area contributed by atoms with E-state index < -0.39 is 6.03 Å². The lowest BCUT2D eigenvalue weighted by Gasteiger charge is -2.14. The van der Waals surface area contributed by atoms with E-state index in [0.29, 0.717) is 54.8 Å². The summed E-state index contributed by atoms with van der Waals surface area (Å²) >= 11 is 6.05. The van der Waals surface area contributed by atoms with Crippen LogP contribution >= 0.6 is 11.6 Å². The molecule has 2 rings (SSSR count). The number of carbonyl (C=O) groups is 2. The molecule has 0 radical (unpaired) electrons. The highest BCUT2D eigenvalue weighted by molar-refractivity contribution is 6.31. The molecule has 3 N–H and O–H groups in total. The highest BCUT2D eigenvalue weighted by Gasteiger charge is 2.10. The smallest absolute Gasteiger partial charge is 0.325 e. The van der Waals surface area contributed by atoms with E-state index in [2.05, 4.69) is 25.9 Å². The van der Waals surface area contributed by atoms with Gasteiger partial charge in [-0.3, -0.25) is 15.1 Å². The van der Waals surface area contributed by atoms with Crippen LogP contribution in [0.25, 0.3) is 0 Å². The molecule has 1 aromatic carbocycles. The largest absolute Gasteiger partial charge is 0.491 e. The number of hydrogen-bond donors (Lipinski definition) is 3. The summed E-state index contributed by atoms with van der Waals surface area (Å²) in [6.07, 6.45) is 4.11. The van der Waals surface area contributed by atoms with Crippen molar-refractivity contribution < 1.29 is 14.3 Å². The van der Waals surface area contributed by atoms with Crippen LogP contribution in [-0.2, 0) is 4.79 Å². The quantitative estimate of drug-likeness (QED) is 0.496. The molecule has 0 unspecified atom stereocenters. The van der Waals surface area contributed by atoms with Crippen molar-refractivity contribution in [2.24, 2.45) is 0 Å². The van der Waals surface area contributed by atoms with E-state index in [4.69, 9.17) is 16.3 Å². The van der Waals surface area contributed by atoms with E-state index in [-0.39, 0.29) is 5.91 Å². The van der Waals surface area contributed by atoms with Crippen LogP contribution in [0.1, 0.15) is 18.5 Å². The van der Waals surface area contributed by atoms with Gasteiger partial charge in [0.1, 0.15) is 5.75 Å². The minimum atomic E-state index is -0.492. The van der Waals surface area contributed by atoms with Crippen molar-refractivity contribution in [1.29, 1.82) is 0 Å². The second-order valence-corrected chi connectivity index (χ2v) is 7.30. The van der Waals surface area contributed by atoms with Crippen LogP contribution in [0, 0.1) is 6.92 Å². The maximum Gasteiger partial charge on any atom is 0.325 e. The first-order chi connectivity index (χ1) is 14.3. The molecular weight excluding hydrogens is 408 g/mol. The lowest BCUT2D eigenvalue weighted by molar-refractivity contribution is -0.121. The SMILES string of the molecule is Cc1cnc(NC(=O)Nc2cc(Cl)ccc2OCCCNC(=O)CCN(C)C)cn1. The monoisotopic (exact) mass is 434 g/mol. The summed E-state index contributed by atoms with van der Waals surface area (Å²) in [5.41, 5.74) is 1.18. The topological polar surface area (TPSA) is 108 Å². The van der Waals surface area contributed by atoms with Crippen molar-refractivity contribution in [3.63, 3.8) is 0 Å². The lowest BCUT2D eigenvalue weighted by Crippen LogP contribution is -2.28. The highest BCUT2D eigenvalue weighted by atomic mass is 35.5. The van der Waals surface area contributed by atoms with E-state index in [0.717, 1.165) is 5.69 Å². The third-order valence-corrected chi connectivity index (χ3v) is 4.13. The Kier molecular flexibility index (Phi) is 9.30. The number of aryl methyl sites for hydroxylation is 1. The molecule has 0 saturated heterocycles. The van der Waals surface area contributed by atoms with Gasteiger partial charge in [0.25, 0.3) is 0 Å². The summed E-state index contributed by atoms with van der Waals surface area (Å²) in [4.78, 5) is 34.1. The van der Waals surface area contributed by atoms with Crippen molar-refractivity contribution in [2.45, 2.75) is 19.8 Å². The van der Waals surface area contributed by atoms with E-state index in [9.17, 15) is 9.59 Å². The fraction of sp³-hybridized carbons (Fsp3) is 0.400. The van der Waals surface area contributed by atoms with Crippen LogP contribution in [0.5, 0.6) is 5.75 Å². The third-order valence-electron chi connectivity index (χ3n) is 3.90. The van der Waals surface area contributed by atoms with Crippen molar-refractivity contribution in [3.8, 4) is 5.75 Å². The van der Waals surface area contributed by atoms with Crippen LogP contribution in [0.15, 0.2) is 30.6 Å². The number of urea groups is 1. The zero-order valence-electron chi connectivity index (χ0n) is 17.4. The Hall–Kier alpha value is -2.91. The maximum atomic E-state index is 12.3. The van der Waals surface area contributed by atoms with Crippen LogP contribution < -0.4 is 20.7 Å². The first-order valence-corrected chi connectivity index (χ1v) is 9.91. The Balaban J connectivity index is 1.82. The van der Waals surface area contributed by atoms with E-state index in [1.807, 2.05) is 25.9 Å². The number of ether oxygens (including phenoxy) is 1. The predicted molar refractivity (Wildman–Crippen MR) is 117 cm³/mol. The van der Waals surface area contributed by atoms with Crippen molar-refractivity contribution in [1.82, 2.24) is 20.2 Å². The molecule has 0 aliphatic carbocycles. The van der Waals surface area contributed by atoms with Crippen LogP contribution in [0.4, 0.5) is 16.3 Å². The van der Waals surface area contributed by atoms with Gasteiger partial charge in [0, 0.05) is 24.5 Å². The average Bonchev–Trinajstić information content (AvgIpc) is 2.69. The van der Waals surface area contributed by atoms with Crippen LogP contribution in [-0.4, -0.2) is 60.6 Å². The van der Waals surface area contributed by atoms with Crippen LogP contribution in [0.2, 0.25) is 5.02 Å². The molecule has 0 bridgehead atoms. The molecule has 10 heteroatoms. The fourth-order valence-corrected chi connectivity index (χ4v) is 2.52. The molecule has 162 valence electrons. The molecule has 0 fully saturated rings. The van der Waals surface area contributed by atoms with E-state index in [1.54, 1.807) is 24.4 Å². The molecule has 3 amide bonds. The molecule has 0 saturated carbocycles.